The van der Waals surface area contributed by atoms with Crippen molar-refractivity contribution in [2.45, 2.75) is 44.9 Å². The average molecular weight is 237 g/mol. The van der Waals surface area contributed by atoms with Crippen LogP contribution in [0.4, 0.5) is 0 Å². The number of aliphatic hydroxyl groups is 2. The summed E-state index contributed by atoms with van der Waals surface area (Å²) in [6.07, 6.45) is 0.762. The molecule has 2 atom stereocenters. The second-order valence-corrected chi connectivity index (χ2v) is 5.11. The standard InChI is InChI=1S/C14H23NO2/c1-11(14(2,3)17)15-13(10-16)9-12-7-5-4-6-8-12/h4-8,11,13,15-17H,9-10H2,1-3H3/t11?,13-/m0/s1. The molecule has 3 N–H and O–H groups in total. The number of rotatable bonds is 6. The Bertz CT molecular complexity index is 319. The molecule has 1 unspecified atom stereocenters. The Morgan fingerprint density at radius 3 is 2.29 bits per heavy atom. The third-order valence-corrected chi connectivity index (χ3v) is 3.09. The minimum Gasteiger partial charge on any atom is -0.395 e. The van der Waals surface area contributed by atoms with Crippen LogP contribution >= 0.6 is 0 Å². The minimum atomic E-state index is -0.788. The topological polar surface area (TPSA) is 52.5 Å². The Labute approximate surface area is 103 Å². The highest BCUT2D eigenvalue weighted by atomic mass is 16.3. The van der Waals surface area contributed by atoms with Crippen LogP contribution in [0.2, 0.25) is 0 Å². The molecule has 0 bridgehead atoms. The lowest BCUT2D eigenvalue weighted by Gasteiger charge is -2.30. The maximum Gasteiger partial charge on any atom is 0.0741 e. The molecule has 0 saturated carbocycles. The number of aliphatic hydroxyl groups excluding tert-OH is 1. The van der Waals surface area contributed by atoms with E-state index in [0.29, 0.717) is 0 Å². The van der Waals surface area contributed by atoms with Crippen molar-refractivity contribution in [2.24, 2.45) is 0 Å². The van der Waals surface area contributed by atoms with Crippen molar-refractivity contribution >= 4 is 0 Å². The lowest BCUT2D eigenvalue weighted by molar-refractivity contribution is 0.0362. The molecule has 0 saturated heterocycles. The first-order valence-corrected chi connectivity index (χ1v) is 6.06. The molecular formula is C14H23NO2. The second-order valence-electron chi connectivity index (χ2n) is 5.11. The summed E-state index contributed by atoms with van der Waals surface area (Å²) >= 11 is 0. The van der Waals surface area contributed by atoms with Gasteiger partial charge >= 0.3 is 0 Å². The van der Waals surface area contributed by atoms with Gasteiger partial charge in [0.1, 0.15) is 0 Å². The van der Waals surface area contributed by atoms with Gasteiger partial charge in [0.25, 0.3) is 0 Å². The highest BCUT2D eigenvalue weighted by Gasteiger charge is 2.24. The van der Waals surface area contributed by atoms with E-state index in [1.807, 2.05) is 37.3 Å². The van der Waals surface area contributed by atoms with Gasteiger partial charge in [0.05, 0.1) is 12.2 Å². The number of benzene rings is 1. The lowest BCUT2D eigenvalue weighted by Crippen LogP contribution is -2.50. The molecular weight excluding hydrogens is 214 g/mol. The van der Waals surface area contributed by atoms with E-state index in [2.05, 4.69) is 5.32 Å². The fourth-order valence-corrected chi connectivity index (χ4v) is 1.63. The molecule has 96 valence electrons. The van der Waals surface area contributed by atoms with Crippen LogP contribution < -0.4 is 5.32 Å². The van der Waals surface area contributed by atoms with Crippen LogP contribution in [-0.2, 0) is 6.42 Å². The Morgan fingerprint density at radius 2 is 1.82 bits per heavy atom. The van der Waals surface area contributed by atoms with Crippen molar-refractivity contribution in [2.75, 3.05) is 6.61 Å². The number of hydrogen-bond donors (Lipinski definition) is 3. The maximum atomic E-state index is 9.85. The largest absolute Gasteiger partial charge is 0.395 e. The van der Waals surface area contributed by atoms with Gasteiger partial charge in [-0.2, -0.15) is 0 Å². The van der Waals surface area contributed by atoms with Crippen LogP contribution in [0.1, 0.15) is 26.3 Å². The smallest absolute Gasteiger partial charge is 0.0741 e. The molecule has 0 spiro atoms. The van der Waals surface area contributed by atoms with E-state index in [0.717, 1.165) is 6.42 Å². The first-order valence-electron chi connectivity index (χ1n) is 6.06. The molecule has 17 heavy (non-hydrogen) atoms. The number of nitrogens with one attached hydrogen (secondary N) is 1. The van der Waals surface area contributed by atoms with Crippen molar-refractivity contribution < 1.29 is 10.2 Å². The monoisotopic (exact) mass is 237 g/mol. The van der Waals surface area contributed by atoms with Gasteiger partial charge < -0.3 is 15.5 Å². The van der Waals surface area contributed by atoms with Gasteiger partial charge in [0, 0.05) is 12.1 Å². The zero-order valence-electron chi connectivity index (χ0n) is 10.9. The summed E-state index contributed by atoms with van der Waals surface area (Å²) in [5.74, 6) is 0. The van der Waals surface area contributed by atoms with Gasteiger partial charge in [-0.1, -0.05) is 30.3 Å². The third-order valence-electron chi connectivity index (χ3n) is 3.09. The van der Waals surface area contributed by atoms with Crippen LogP contribution in [0, 0.1) is 0 Å². The van der Waals surface area contributed by atoms with E-state index < -0.39 is 5.60 Å². The molecule has 0 aliphatic carbocycles. The molecule has 0 aliphatic rings. The molecule has 0 heterocycles. The van der Waals surface area contributed by atoms with Gasteiger partial charge in [-0.05, 0) is 32.8 Å². The van der Waals surface area contributed by atoms with Crippen molar-refractivity contribution in [3.8, 4) is 0 Å². The Balaban J connectivity index is 2.55. The van der Waals surface area contributed by atoms with Gasteiger partial charge in [0.2, 0.25) is 0 Å². The highest BCUT2D eigenvalue weighted by molar-refractivity contribution is 5.16. The molecule has 1 aromatic carbocycles. The first-order chi connectivity index (χ1) is 7.93. The molecule has 3 heteroatoms. The summed E-state index contributed by atoms with van der Waals surface area (Å²) < 4.78 is 0. The van der Waals surface area contributed by atoms with Crippen LogP contribution in [-0.4, -0.2) is 34.5 Å². The zero-order chi connectivity index (χ0) is 12.9. The highest BCUT2D eigenvalue weighted by Crippen LogP contribution is 2.10. The normalized spacial score (nSPS) is 15.6. The van der Waals surface area contributed by atoms with E-state index >= 15 is 0 Å². The van der Waals surface area contributed by atoms with Crippen LogP contribution in [0.3, 0.4) is 0 Å². The predicted octanol–water partition coefficient (Wildman–Crippen LogP) is 1.34. The quantitative estimate of drug-likeness (QED) is 0.700. The van der Waals surface area contributed by atoms with Crippen LogP contribution in [0.25, 0.3) is 0 Å². The molecule has 1 rings (SSSR count). The van der Waals surface area contributed by atoms with Gasteiger partial charge in [-0.3, -0.25) is 0 Å². The second kappa shape index (κ2) is 6.15. The molecule has 1 aromatic rings. The summed E-state index contributed by atoms with van der Waals surface area (Å²) in [6, 6.07) is 9.94. The molecule has 0 aromatic heterocycles. The van der Waals surface area contributed by atoms with Crippen molar-refractivity contribution in [3.63, 3.8) is 0 Å². The maximum absolute atomic E-state index is 9.85. The van der Waals surface area contributed by atoms with E-state index in [9.17, 15) is 10.2 Å². The summed E-state index contributed by atoms with van der Waals surface area (Å²) in [5.41, 5.74) is 0.395. The van der Waals surface area contributed by atoms with E-state index in [4.69, 9.17) is 0 Å². The fourth-order valence-electron chi connectivity index (χ4n) is 1.63. The molecule has 0 amide bonds. The Kier molecular flexibility index (Phi) is 5.12. The molecule has 0 radical (unpaired) electrons. The average Bonchev–Trinajstić information content (AvgIpc) is 2.28. The van der Waals surface area contributed by atoms with Crippen LogP contribution in [0.5, 0.6) is 0 Å². The fraction of sp³-hybridized carbons (Fsp3) is 0.571. The Morgan fingerprint density at radius 1 is 1.24 bits per heavy atom. The van der Waals surface area contributed by atoms with E-state index in [1.165, 1.54) is 5.56 Å². The van der Waals surface area contributed by atoms with E-state index in [1.54, 1.807) is 13.8 Å². The van der Waals surface area contributed by atoms with Crippen molar-refractivity contribution in [1.82, 2.24) is 5.32 Å². The van der Waals surface area contributed by atoms with Gasteiger partial charge in [-0.25, -0.2) is 0 Å². The molecule has 0 fully saturated rings. The van der Waals surface area contributed by atoms with Crippen LogP contribution in [0.15, 0.2) is 30.3 Å². The minimum absolute atomic E-state index is 0.0289. The summed E-state index contributed by atoms with van der Waals surface area (Å²) in [5, 5.41) is 22.5. The molecule has 3 nitrogen and oxygen atoms in total. The first kappa shape index (κ1) is 14.2. The third kappa shape index (κ3) is 4.86. The van der Waals surface area contributed by atoms with Gasteiger partial charge in [0.15, 0.2) is 0 Å². The van der Waals surface area contributed by atoms with Crippen molar-refractivity contribution in [3.05, 3.63) is 35.9 Å². The Hall–Kier alpha value is -0.900. The summed E-state index contributed by atoms with van der Waals surface area (Å²) in [7, 11) is 0. The predicted molar refractivity (Wildman–Crippen MR) is 69.9 cm³/mol. The van der Waals surface area contributed by atoms with Gasteiger partial charge in [-0.15, -0.1) is 0 Å². The summed E-state index contributed by atoms with van der Waals surface area (Å²) in [4.78, 5) is 0. The summed E-state index contributed by atoms with van der Waals surface area (Å²) in [6.45, 7) is 5.52. The molecule has 0 aliphatic heterocycles. The lowest BCUT2D eigenvalue weighted by atomic mass is 9.98. The zero-order valence-corrected chi connectivity index (χ0v) is 10.9. The number of hydrogen-bond acceptors (Lipinski definition) is 3. The van der Waals surface area contributed by atoms with Crippen molar-refractivity contribution in [1.29, 1.82) is 0 Å². The van der Waals surface area contributed by atoms with E-state index in [-0.39, 0.29) is 18.7 Å². The SMILES string of the molecule is CC(N[C@H](CO)Cc1ccccc1)C(C)(C)O.